The number of benzene rings is 1. The van der Waals surface area contributed by atoms with Gasteiger partial charge in [-0.2, -0.15) is 0 Å². The lowest BCUT2D eigenvalue weighted by Gasteiger charge is -2.19. The van der Waals surface area contributed by atoms with Crippen LogP contribution >= 0.6 is 0 Å². The van der Waals surface area contributed by atoms with Gasteiger partial charge in [-0.15, -0.1) is 0 Å². The molecule has 0 amide bonds. The van der Waals surface area contributed by atoms with Crippen LogP contribution in [0.5, 0.6) is 11.5 Å². The Morgan fingerprint density at radius 3 is 2.25 bits per heavy atom. The molecular formula is C14H24N2O6S2. The second-order valence-corrected chi connectivity index (χ2v) is 8.79. The van der Waals surface area contributed by atoms with Crippen LogP contribution in [0.25, 0.3) is 0 Å². The minimum atomic E-state index is -3.84. The second kappa shape index (κ2) is 8.65. The van der Waals surface area contributed by atoms with Gasteiger partial charge in [-0.25, -0.2) is 25.9 Å². The molecule has 0 radical (unpaired) electrons. The van der Waals surface area contributed by atoms with Crippen molar-refractivity contribution in [2.24, 2.45) is 0 Å². The van der Waals surface area contributed by atoms with Crippen molar-refractivity contribution in [3.05, 3.63) is 18.2 Å². The minimum absolute atomic E-state index is 0.0350. The Balaban J connectivity index is 2.87. The highest BCUT2D eigenvalue weighted by Gasteiger charge is 2.21. The summed E-state index contributed by atoms with van der Waals surface area (Å²) >= 11 is 0. The van der Waals surface area contributed by atoms with Gasteiger partial charge in [0.05, 0.1) is 20.5 Å². The molecule has 1 N–H and O–H groups in total. The quantitative estimate of drug-likeness (QED) is 0.640. The summed E-state index contributed by atoms with van der Waals surface area (Å²) in [6.07, 6.45) is 1.75. The van der Waals surface area contributed by atoms with Crippen LogP contribution in [0.2, 0.25) is 0 Å². The Bertz CT molecular complexity index is 747. The van der Waals surface area contributed by atoms with E-state index < -0.39 is 20.0 Å². The molecule has 0 aliphatic carbocycles. The number of sulfonamides is 2. The van der Waals surface area contributed by atoms with Crippen molar-refractivity contribution in [2.45, 2.75) is 18.2 Å². The molecule has 0 atom stereocenters. The van der Waals surface area contributed by atoms with Gasteiger partial charge in [-0.05, 0) is 18.6 Å². The normalized spacial score (nSPS) is 12.4. The molecule has 1 aromatic carbocycles. The van der Waals surface area contributed by atoms with Crippen molar-refractivity contribution in [1.82, 2.24) is 9.03 Å². The molecular weight excluding hydrogens is 356 g/mol. The third kappa shape index (κ3) is 5.62. The third-order valence-electron chi connectivity index (χ3n) is 3.26. The second-order valence-electron chi connectivity index (χ2n) is 5.08. The van der Waals surface area contributed by atoms with Crippen LogP contribution in [-0.4, -0.2) is 61.3 Å². The van der Waals surface area contributed by atoms with E-state index in [0.717, 1.165) is 6.26 Å². The zero-order valence-corrected chi connectivity index (χ0v) is 15.9. The van der Waals surface area contributed by atoms with Crippen LogP contribution in [0.4, 0.5) is 0 Å². The molecule has 0 bridgehead atoms. The van der Waals surface area contributed by atoms with Gasteiger partial charge < -0.3 is 9.47 Å². The van der Waals surface area contributed by atoms with Gasteiger partial charge in [-0.1, -0.05) is 6.92 Å². The van der Waals surface area contributed by atoms with Crippen LogP contribution in [0.3, 0.4) is 0 Å². The largest absolute Gasteiger partial charge is 0.497 e. The van der Waals surface area contributed by atoms with Gasteiger partial charge in [0.25, 0.3) is 0 Å². The summed E-state index contributed by atoms with van der Waals surface area (Å²) in [7, 11) is -4.38. The number of hydrogen-bond donors (Lipinski definition) is 1. The molecule has 0 saturated carbocycles. The highest BCUT2D eigenvalue weighted by atomic mass is 32.2. The van der Waals surface area contributed by atoms with Crippen LogP contribution in [-0.2, 0) is 20.0 Å². The molecule has 24 heavy (non-hydrogen) atoms. The van der Waals surface area contributed by atoms with Gasteiger partial charge in [0.2, 0.25) is 20.0 Å². The van der Waals surface area contributed by atoms with E-state index in [0.29, 0.717) is 18.7 Å². The van der Waals surface area contributed by atoms with E-state index in [1.165, 1.54) is 36.7 Å². The van der Waals surface area contributed by atoms with E-state index in [1.54, 1.807) is 0 Å². The highest BCUT2D eigenvalue weighted by molar-refractivity contribution is 7.89. The molecule has 0 spiro atoms. The van der Waals surface area contributed by atoms with Gasteiger partial charge in [0, 0.05) is 25.7 Å². The smallest absolute Gasteiger partial charge is 0.244 e. The summed E-state index contributed by atoms with van der Waals surface area (Å²) in [5.41, 5.74) is 0. The third-order valence-corrected chi connectivity index (χ3v) is 6.06. The van der Waals surface area contributed by atoms with Crippen molar-refractivity contribution >= 4 is 20.0 Å². The molecule has 8 nitrogen and oxygen atoms in total. The molecule has 0 unspecified atom stereocenters. The first-order valence-corrected chi connectivity index (χ1v) is 10.7. The Morgan fingerprint density at radius 1 is 1.08 bits per heavy atom. The fraction of sp³-hybridized carbons (Fsp3) is 0.571. The minimum Gasteiger partial charge on any atom is -0.497 e. The Labute approximate surface area is 143 Å². The first kappa shape index (κ1) is 20.7. The molecule has 0 aliphatic heterocycles. The number of nitrogens with zero attached hydrogens (tertiary/aromatic N) is 1. The van der Waals surface area contributed by atoms with E-state index in [9.17, 15) is 16.8 Å². The van der Waals surface area contributed by atoms with Gasteiger partial charge in [0.1, 0.15) is 16.4 Å². The van der Waals surface area contributed by atoms with Gasteiger partial charge in [0.15, 0.2) is 0 Å². The molecule has 1 rings (SSSR count). The fourth-order valence-electron chi connectivity index (χ4n) is 2.07. The topological polar surface area (TPSA) is 102 Å². The number of hydrogen-bond acceptors (Lipinski definition) is 6. The maximum Gasteiger partial charge on any atom is 0.244 e. The van der Waals surface area contributed by atoms with E-state index in [1.807, 2.05) is 6.92 Å². The first-order valence-electron chi connectivity index (χ1n) is 7.32. The molecule has 0 aliphatic rings. The van der Waals surface area contributed by atoms with E-state index >= 15 is 0 Å². The summed E-state index contributed by atoms with van der Waals surface area (Å²) in [5.74, 6) is 0.618. The summed E-state index contributed by atoms with van der Waals surface area (Å²) in [6, 6.07) is 4.35. The molecule has 0 saturated heterocycles. The highest BCUT2D eigenvalue weighted by Crippen LogP contribution is 2.28. The van der Waals surface area contributed by atoms with Crippen LogP contribution < -0.4 is 14.2 Å². The lowest BCUT2D eigenvalue weighted by Crippen LogP contribution is -2.38. The zero-order chi connectivity index (χ0) is 18.4. The molecule has 0 aromatic heterocycles. The van der Waals surface area contributed by atoms with E-state index in [-0.39, 0.29) is 23.7 Å². The number of methoxy groups -OCH3 is 2. The van der Waals surface area contributed by atoms with E-state index in [4.69, 9.17) is 9.47 Å². The lowest BCUT2D eigenvalue weighted by molar-refractivity contribution is 0.385. The van der Waals surface area contributed by atoms with Crippen molar-refractivity contribution in [2.75, 3.05) is 40.1 Å². The predicted molar refractivity (Wildman–Crippen MR) is 91.4 cm³/mol. The number of ether oxygens (including phenoxy) is 2. The molecule has 1 aromatic rings. The van der Waals surface area contributed by atoms with E-state index in [2.05, 4.69) is 4.72 Å². The summed E-state index contributed by atoms with van der Waals surface area (Å²) in [4.78, 5) is -0.0350. The van der Waals surface area contributed by atoms with Gasteiger partial charge in [-0.3, -0.25) is 0 Å². The van der Waals surface area contributed by atoms with Crippen molar-refractivity contribution in [1.29, 1.82) is 0 Å². The maximum atomic E-state index is 12.4. The maximum absolute atomic E-state index is 12.4. The van der Waals surface area contributed by atoms with Crippen LogP contribution in [0, 0.1) is 0 Å². The van der Waals surface area contributed by atoms with Gasteiger partial charge >= 0.3 is 0 Å². The first-order chi connectivity index (χ1) is 11.2. The Hall–Kier alpha value is -1.36. The predicted octanol–water partition coefficient (Wildman–Crippen LogP) is 0.654. The summed E-state index contributed by atoms with van der Waals surface area (Å²) in [5, 5.41) is 0. The van der Waals surface area contributed by atoms with Crippen molar-refractivity contribution in [3.63, 3.8) is 0 Å². The fourth-order valence-corrected chi connectivity index (χ4v) is 4.18. The Kier molecular flexibility index (Phi) is 7.46. The molecule has 0 heterocycles. The van der Waals surface area contributed by atoms with Crippen molar-refractivity contribution in [3.8, 4) is 11.5 Å². The average Bonchev–Trinajstić information content (AvgIpc) is 2.52. The summed E-state index contributed by atoms with van der Waals surface area (Å²) < 4.78 is 61.8. The average molecular weight is 380 g/mol. The number of rotatable bonds is 10. The SMILES string of the molecule is CCCN(CCNS(=O)(=O)c1ccc(OC)cc1OC)S(C)(=O)=O. The van der Waals surface area contributed by atoms with Crippen molar-refractivity contribution < 1.29 is 26.3 Å². The standard InChI is InChI=1S/C14H24N2O6S2/c1-5-9-16(23(4,17)18)10-8-15-24(19,20)14-7-6-12(21-2)11-13(14)22-3/h6-7,11,15H,5,8-10H2,1-4H3. The molecule has 0 fully saturated rings. The zero-order valence-electron chi connectivity index (χ0n) is 14.3. The monoisotopic (exact) mass is 380 g/mol. The molecule has 138 valence electrons. The summed E-state index contributed by atoms with van der Waals surface area (Å²) in [6.45, 7) is 2.21. The van der Waals surface area contributed by atoms with Crippen LogP contribution in [0.1, 0.15) is 13.3 Å². The molecule has 10 heteroatoms. The van der Waals surface area contributed by atoms with Crippen LogP contribution in [0.15, 0.2) is 23.1 Å². The Morgan fingerprint density at radius 2 is 1.75 bits per heavy atom. The lowest BCUT2D eigenvalue weighted by atomic mass is 10.3. The number of nitrogens with one attached hydrogen (secondary N) is 1.